The van der Waals surface area contributed by atoms with E-state index in [0.29, 0.717) is 75.6 Å². The molecule has 1 amide bonds. The van der Waals surface area contributed by atoms with Crippen LogP contribution in [0.4, 0.5) is 17.5 Å². The van der Waals surface area contributed by atoms with Crippen molar-refractivity contribution in [1.82, 2.24) is 14.3 Å². The monoisotopic (exact) mass is 504 g/mol. The number of hydrogen-bond donors (Lipinski definition) is 2. The predicted octanol–water partition coefficient (Wildman–Crippen LogP) is 1.80. The fourth-order valence-electron chi connectivity index (χ4n) is 3.86. The van der Waals surface area contributed by atoms with Crippen LogP contribution in [0.25, 0.3) is 0 Å². The molecular weight excluding hydrogens is 472 g/mol. The Kier molecular flexibility index (Phi) is 8.50. The van der Waals surface area contributed by atoms with Gasteiger partial charge in [-0.1, -0.05) is 13.3 Å². The SMILES string of the molecule is CCCCNc1ncc(C(=O)Nc2ccc(S(=O)(=O)N3CCOCC3)cc2)c(N2CCOCC2)n1. The average Bonchev–Trinajstić information content (AvgIpc) is 2.90. The molecule has 2 aliphatic heterocycles. The molecule has 0 radical (unpaired) electrons. The molecule has 1 aromatic heterocycles. The second-order valence-corrected chi connectivity index (χ2v) is 10.2. The summed E-state index contributed by atoms with van der Waals surface area (Å²) in [6.45, 7) is 6.65. The van der Waals surface area contributed by atoms with E-state index in [2.05, 4.69) is 27.5 Å². The van der Waals surface area contributed by atoms with Gasteiger partial charge in [-0.3, -0.25) is 4.79 Å². The van der Waals surface area contributed by atoms with Gasteiger partial charge in [0.1, 0.15) is 11.4 Å². The van der Waals surface area contributed by atoms with Crippen LogP contribution in [0, 0.1) is 0 Å². The molecule has 0 aliphatic carbocycles. The lowest BCUT2D eigenvalue weighted by atomic mass is 10.2. The third-order valence-corrected chi connectivity index (χ3v) is 7.77. The highest BCUT2D eigenvalue weighted by Crippen LogP contribution is 2.23. The first kappa shape index (κ1) is 25.3. The van der Waals surface area contributed by atoms with Crippen LogP contribution in [0.3, 0.4) is 0 Å². The van der Waals surface area contributed by atoms with Gasteiger partial charge in [0.25, 0.3) is 5.91 Å². The van der Waals surface area contributed by atoms with Crippen molar-refractivity contribution in [2.45, 2.75) is 24.7 Å². The van der Waals surface area contributed by atoms with Crippen LogP contribution in [-0.4, -0.2) is 87.7 Å². The van der Waals surface area contributed by atoms with Gasteiger partial charge in [0.15, 0.2) is 0 Å². The second kappa shape index (κ2) is 11.8. The minimum absolute atomic E-state index is 0.178. The van der Waals surface area contributed by atoms with E-state index in [1.165, 1.54) is 22.6 Å². The fraction of sp³-hybridized carbons (Fsp3) is 0.522. The Morgan fingerprint density at radius 3 is 2.34 bits per heavy atom. The molecule has 11 nitrogen and oxygen atoms in total. The average molecular weight is 505 g/mol. The minimum atomic E-state index is -3.60. The predicted molar refractivity (Wildman–Crippen MR) is 132 cm³/mol. The topological polar surface area (TPSA) is 126 Å². The summed E-state index contributed by atoms with van der Waals surface area (Å²) in [5.41, 5.74) is 0.826. The highest BCUT2D eigenvalue weighted by atomic mass is 32.2. The highest BCUT2D eigenvalue weighted by molar-refractivity contribution is 7.89. The number of carbonyl (C=O) groups excluding carboxylic acids is 1. The van der Waals surface area contributed by atoms with Crippen molar-refractivity contribution >= 4 is 33.4 Å². The van der Waals surface area contributed by atoms with E-state index in [1.54, 1.807) is 12.1 Å². The third kappa shape index (κ3) is 6.26. The number of carbonyl (C=O) groups is 1. The van der Waals surface area contributed by atoms with Crippen LogP contribution in [0.5, 0.6) is 0 Å². The summed E-state index contributed by atoms with van der Waals surface area (Å²) in [6.07, 6.45) is 3.57. The molecular formula is C23H32N6O5S. The molecule has 0 saturated carbocycles. The third-order valence-electron chi connectivity index (χ3n) is 5.86. The Balaban J connectivity index is 1.50. The van der Waals surface area contributed by atoms with Crippen molar-refractivity contribution in [3.8, 4) is 0 Å². The number of benzene rings is 1. The van der Waals surface area contributed by atoms with E-state index in [1.807, 2.05) is 4.90 Å². The van der Waals surface area contributed by atoms with Crippen LogP contribution in [0.15, 0.2) is 35.4 Å². The van der Waals surface area contributed by atoms with Gasteiger partial charge >= 0.3 is 0 Å². The van der Waals surface area contributed by atoms with E-state index in [0.717, 1.165) is 19.4 Å². The maximum Gasteiger partial charge on any atom is 0.261 e. The number of hydrogen-bond acceptors (Lipinski definition) is 9. The number of sulfonamides is 1. The van der Waals surface area contributed by atoms with Gasteiger partial charge in [-0.25, -0.2) is 13.4 Å². The van der Waals surface area contributed by atoms with Crippen LogP contribution < -0.4 is 15.5 Å². The standard InChI is InChI=1S/C23H32N6O5S/c1-2-3-8-24-23-25-17-20(21(27-23)28-9-13-33-14-10-28)22(30)26-18-4-6-19(7-5-18)35(31,32)29-11-15-34-16-12-29/h4-7,17H,2-3,8-16H2,1H3,(H,26,30)(H,24,25,27). The Bertz CT molecular complexity index is 1100. The molecule has 0 unspecified atom stereocenters. The molecule has 2 aliphatic rings. The second-order valence-electron chi connectivity index (χ2n) is 8.31. The van der Waals surface area contributed by atoms with E-state index in [-0.39, 0.29) is 10.8 Å². The van der Waals surface area contributed by atoms with E-state index < -0.39 is 10.0 Å². The highest BCUT2D eigenvalue weighted by Gasteiger charge is 2.26. The summed E-state index contributed by atoms with van der Waals surface area (Å²) < 4.78 is 37.8. The first-order chi connectivity index (χ1) is 17.0. The Morgan fingerprint density at radius 1 is 1.03 bits per heavy atom. The fourth-order valence-corrected chi connectivity index (χ4v) is 5.26. The Labute approximate surface area is 205 Å². The first-order valence-electron chi connectivity index (χ1n) is 11.9. The molecule has 2 N–H and O–H groups in total. The number of ether oxygens (including phenoxy) is 2. The quantitative estimate of drug-likeness (QED) is 0.492. The van der Waals surface area contributed by atoms with Gasteiger partial charge in [0.2, 0.25) is 16.0 Å². The van der Waals surface area contributed by atoms with Crippen LogP contribution in [-0.2, 0) is 19.5 Å². The summed E-state index contributed by atoms with van der Waals surface area (Å²) in [5, 5.41) is 6.05. The van der Waals surface area contributed by atoms with Crippen LogP contribution in [0.2, 0.25) is 0 Å². The van der Waals surface area contributed by atoms with Crippen molar-refractivity contribution in [1.29, 1.82) is 0 Å². The number of morpholine rings is 2. The number of anilines is 3. The molecule has 0 atom stereocenters. The van der Waals surface area contributed by atoms with E-state index >= 15 is 0 Å². The number of nitrogens with one attached hydrogen (secondary N) is 2. The van der Waals surface area contributed by atoms with E-state index in [4.69, 9.17) is 9.47 Å². The lowest BCUT2D eigenvalue weighted by molar-refractivity contribution is 0.0730. The van der Waals surface area contributed by atoms with Gasteiger partial charge in [-0.2, -0.15) is 9.29 Å². The van der Waals surface area contributed by atoms with Gasteiger partial charge in [-0.15, -0.1) is 0 Å². The van der Waals surface area contributed by atoms with Gasteiger partial charge in [0, 0.05) is 44.6 Å². The molecule has 35 heavy (non-hydrogen) atoms. The zero-order valence-corrected chi connectivity index (χ0v) is 20.7. The van der Waals surface area contributed by atoms with Crippen molar-refractivity contribution in [2.75, 3.05) is 74.7 Å². The summed E-state index contributed by atoms with van der Waals surface area (Å²) in [6, 6.07) is 6.17. The van der Waals surface area contributed by atoms with Crippen molar-refractivity contribution in [2.24, 2.45) is 0 Å². The van der Waals surface area contributed by atoms with Gasteiger partial charge in [0.05, 0.1) is 31.3 Å². The number of unbranched alkanes of at least 4 members (excludes halogenated alkanes) is 1. The number of amides is 1. The molecule has 0 bridgehead atoms. The largest absolute Gasteiger partial charge is 0.379 e. The molecule has 3 heterocycles. The molecule has 2 saturated heterocycles. The lowest BCUT2D eigenvalue weighted by Crippen LogP contribution is -2.40. The molecule has 190 valence electrons. The zero-order valence-electron chi connectivity index (χ0n) is 19.9. The van der Waals surface area contributed by atoms with Crippen molar-refractivity contribution in [3.05, 3.63) is 36.0 Å². The van der Waals surface area contributed by atoms with Gasteiger partial charge in [-0.05, 0) is 30.7 Å². The van der Waals surface area contributed by atoms with Crippen molar-refractivity contribution in [3.63, 3.8) is 0 Å². The minimum Gasteiger partial charge on any atom is -0.379 e. The molecule has 2 aromatic rings. The van der Waals surface area contributed by atoms with Crippen LogP contribution >= 0.6 is 0 Å². The maximum absolute atomic E-state index is 13.2. The normalized spacial score (nSPS) is 17.2. The summed E-state index contributed by atoms with van der Waals surface area (Å²) >= 11 is 0. The molecule has 2 fully saturated rings. The smallest absolute Gasteiger partial charge is 0.261 e. The Hall–Kier alpha value is -2.80. The summed E-state index contributed by atoms with van der Waals surface area (Å²) in [7, 11) is -3.60. The van der Waals surface area contributed by atoms with Crippen LogP contribution in [0.1, 0.15) is 30.1 Å². The molecule has 1 aromatic carbocycles. The maximum atomic E-state index is 13.2. The molecule has 0 spiro atoms. The summed E-state index contributed by atoms with van der Waals surface area (Å²) in [4.78, 5) is 24.3. The zero-order chi connectivity index (χ0) is 24.7. The number of nitrogens with zero attached hydrogens (tertiary/aromatic N) is 4. The first-order valence-corrected chi connectivity index (χ1v) is 13.4. The lowest BCUT2D eigenvalue weighted by Gasteiger charge is -2.29. The van der Waals surface area contributed by atoms with Gasteiger partial charge < -0.3 is 25.0 Å². The number of rotatable bonds is 9. The van der Waals surface area contributed by atoms with Crippen molar-refractivity contribution < 1.29 is 22.7 Å². The van der Waals surface area contributed by atoms with E-state index in [9.17, 15) is 13.2 Å². The number of aromatic nitrogens is 2. The Morgan fingerprint density at radius 2 is 1.69 bits per heavy atom. The summed E-state index contributed by atoms with van der Waals surface area (Å²) in [5.74, 6) is 0.663. The molecule has 4 rings (SSSR count). The molecule has 12 heteroatoms.